The van der Waals surface area contributed by atoms with E-state index in [4.69, 9.17) is 10.8 Å². The number of hydrogen-bond acceptors (Lipinski definition) is 4. The van der Waals surface area contributed by atoms with Gasteiger partial charge in [-0.2, -0.15) is 10.1 Å². The minimum absolute atomic E-state index is 0.192. The molecular weight excluding hydrogens is 224 g/mol. The predicted octanol–water partition coefficient (Wildman–Crippen LogP) is 1.60. The molecule has 1 aliphatic rings. The Kier molecular flexibility index (Phi) is 3.99. The van der Waals surface area contributed by atoms with Crippen LogP contribution in [0.5, 0.6) is 0 Å². The van der Waals surface area contributed by atoms with Crippen LogP contribution in [-0.4, -0.2) is 41.5 Å². The van der Waals surface area contributed by atoms with Crippen LogP contribution in [-0.2, 0) is 0 Å². The monoisotopic (exact) mass is 246 g/mol. The summed E-state index contributed by atoms with van der Waals surface area (Å²) in [5.74, 6) is 0. The third kappa shape index (κ3) is 2.26. The summed E-state index contributed by atoms with van der Waals surface area (Å²) in [5.41, 5.74) is 9.45. The molecule has 4 heteroatoms. The summed E-state index contributed by atoms with van der Waals surface area (Å²) in [6.45, 7) is 8.74. The highest BCUT2D eigenvalue weighted by Crippen LogP contribution is 2.20. The van der Waals surface area contributed by atoms with E-state index in [-0.39, 0.29) is 6.04 Å². The maximum Gasteiger partial charge on any atom is 0.0897 e. The summed E-state index contributed by atoms with van der Waals surface area (Å²) in [7, 11) is 0. The Balaban J connectivity index is 2.33. The van der Waals surface area contributed by atoms with Gasteiger partial charge in [0.15, 0.2) is 0 Å². The molecule has 1 aromatic rings. The highest BCUT2D eigenvalue weighted by Gasteiger charge is 2.32. The topological polar surface area (TPSA) is 44.9 Å². The molecule has 98 valence electrons. The summed E-state index contributed by atoms with van der Waals surface area (Å²) >= 11 is 0. The third-order valence-corrected chi connectivity index (χ3v) is 3.37. The first kappa shape index (κ1) is 13.1. The van der Waals surface area contributed by atoms with Crippen molar-refractivity contribution < 1.29 is 0 Å². The third-order valence-electron chi connectivity index (χ3n) is 3.37. The molecule has 1 unspecified atom stereocenters. The lowest BCUT2D eigenvalue weighted by Gasteiger charge is -2.29. The summed E-state index contributed by atoms with van der Waals surface area (Å²) in [5, 5.41) is 8.96. The molecule has 0 aliphatic carbocycles. The second-order valence-electron chi connectivity index (χ2n) is 4.55. The number of hydrazine groups is 1. The van der Waals surface area contributed by atoms with E-state index in [2.05, 4.69) is 50.0 Å². The molecular formula is C14H22N4. The molecule has 0 aromatic heterocycles. The molecule has 0 saturated heterocycles. The van der Waals surface area contributed by atoms with Crippen molar-refractivity contribution in [3.05, 3.63) is 35.4 Å². The Morgan fingerprint density at radius 1 is 1.17 bits per heavy atom. The molecule has 0 fully saturated rings. The van der Waals surface area contributed by atoms with E-state index in [0.29, 0.717) is 6.54 Å². The fourth-order valence-corrected chi connectivity index (χ4v) is 2.39. The number of nitrogens with zero attached hydrogens (tertiary/aromatic N) is 3. The van der Waals surface area contributed by atoms with E-state index in [1.54, 1.807) is 0 Å². The predicted molar refractivity (Wildman–Crippen MR) is 75.3 cm³/mol. The Morgan fingerprint density at radius 2 is 1.83 bits per heavy atom. The number of hydrazone groups is 1. The van der Waals surface area contributed by atoms with Gasteiger partial charge in [0, 0.05) is 13.1 Å². The zero-order chi connectivity index (χ0) is 13.1. The minimum atomic E-state index is 0.192. The molecule has 2 N–H and O–H groups in total. The van der Waals surface area contributed by atoms with E-state index < -0.39 is 0 Å². The molecule has 1 aliphatic heterocycles. The minimum Gasteiger partial charge on any atom is -0.328 e. The zero-order valence-electron chi connectivity index (χ0n) is 11.4. The fraction of sp³-hybridized carbons (Fsp3) is 0.500. The van der Waals surface area contributed by atoms with Crippen LogP contribution in [0.15, 0.2) is 29.4 Å². The van der Waals surface area contributed by atoms with E-state index in [9.17, 15) is 0 Å². The Morgan fingerprint density at radius 3 is 2.33 bits per heavy atom. The Labute approximate surface area is 109 Å². The molecule has 0 saturated carbocycles. The second-order valence-corrected chi connectivity index (χ2v) is 4.55. The van der Waals surface area contributed by atoms with Crippen LogP contribution in [0.3, 0.4) is 0 Å². The van der Waals surface area contributed by atoms with Gasteiger partial charge in [-0.3, -0.25) is 0 Å². The van der Waals surface area contributed by atoms with Crippen molar-refractivity contribution in [3.63, 3.8) is 0 Å². The lowest BCUT2D eigenvalue weighted by atomic mass is 10.0. The number of benzene rings is 1. The first-order valence-corrected chi connectivity index (χ1v) is 6.61. The van der Waals surface area contributed by atoms with Crippen LogP contribution in [0.4, 0.5) is 0 Å². The lowest BCUT2D eigenvalue weighted by molar-refractivity contribution is -0.00758. The van der Waals surface area contributed by atoms with E-state index in [0.717, 1.165) is 18.8 Å². The van der Waals surface area contributed by atoms with E-state index in [1.165, 1.54) is 11.1 Å². The van der Waals surface area contributed by atoms with Gasteiger partial charge >= 0.3 is 0 Å². The standard InChI is InChI=1S/C14H22N4/c1-4-17-13(10-15)14(16-18(17)5-2)12-8-6-11(3)7-9-12/h6-9,13H,4-5,10,15H2,1-3H3. The van der Waals surface area contributed by atoms with E-state index >= 15 is 0 Å². The maximum atomic E-state index is 5.93. The zero-order valence-corrected chi connectivity index (χ0v) is 11.4. The van der Waals surface area contributed by atoms with Crippen LogP contribution in [0, 0.1) is 6.92 Å². The van der Waals surface area contributed by atoms with Crippen LogP contribution in [0.1, 0.15) is 25.0 Å². The summed E-state index contributed by atoms with van der Waals surface area (Å²) in [6.07, 6.45) is 0. The smallest absolute Gasteiger partial charge is 0.0897 e. The number of nitrogens with two attached hydrogens (primary N) is 1. The van der Waals surface area contributed by atoms with Gasteiger partial charge in [0.25, 0.3) is 0 Å². The van der Waals surface area contributed by atoms with Gasteiger partial charge < -0.3 is 5.73 Å². The largest absolute Gasteiger partial charge is 0.328 e. The van der Waals surface area contributed by atoms with Crippen molar-refractivity contribution in [2.24, 2.45) is 10.8 Å². The maximum absolute atomic E-state index is 5.93. The van der Waals surface area contributed by atoms with Gasteiger partial charge in [0.1, 0.15) is 0 Å². The van der Waals surface area contributed by atoms with Gasteiger partial charge in [0.05, 0.1) is 18.3 Å². The van der Waals surface area contributed by atoms with Gasteiger partial charge in [-0.05, 0) is 19.4 Å². The second kappa shape index (κ2) is 5.50. The SMILES string of the molecule is CCN1N=C(c2ccc(C)cc2)C(CN)N1CC. The van der Waals surface area contributed by atoms with Crippen molar-refractivity contribution in [1.82, 2.24) is 10.1 Å². The quantitative estimate of drug-likeness (QED) is 0.877. The average Bonchev–Trinajstić information content (AvgIpc) is 2.77. The van der Waals surface area contributed by atoms with Crippen molar-refractivity contribution in [2.45, 2.75) is 26.8 Å². The molecule has 0 bridgehead atoms. The summed E-state index contributed by atoms with van der Waals surface area (Å²) in [6, 6.07) is 8.69. The molecule has 1 aromatic carbocycles. The van der Waals surface area contributed by atoms with Gasteiger partial charge in [0.2, 0.25) is 0 Å². The molecule has 18 heavy (non-hydrogen) atoms. The first-order chi connectivity index (χ1) is 8.71. The van der Waals surface area contributed by atoms with Crippen molar-refractivity contribution in [2.75, 3.05) is 19.6 Å². The Bertz CT molecular complexity index is 424. The van der Waals surface area contributed by atoms with Gasteiger partial charge in [-0.25, -0.2) is 5.12 Å². The molecule has 0 amide bonds. The van der Waals surface area contributed by atoms with Gasteiger partial charge in [-0.15, -0.1) is 0 Å². The number of hydrogen-bond donors (Lipinski definition) is 1. The summed E-state index contributed by atoms with van der Waals surface area (Å²) < 4.78 is 0. The molecule has 1 heterocycles. The van der Waals surface area contributed by atoms with Crippen LogP contribution < -0.4 is 5.73 Å². The molecule has 0 radical (unpaired) electrons. The summed E-state index contributed by atoms with van der Waals surface area (Å²) in [4.78, 5) is 0. The average molecular weight is 246 g/mol. The molecule has 2 rings (SSSR count). The lowest BCUT2D eigenvalue weighted by Crippen LogP contribution is -2.47. The molecule has 4 nitrogen and oxygen atoms in total. The van der Waals surface area contributed by atoms with Crippen LogP contribution in [0.2, 0.25) is 0 Å². The molecule has 0 spiro atoms. The number of likely N-dealkylation sites (N-methyl/N-ethyl adjacent to an activating group) is 1. The fourth-order valence-electron chi connectivity index (χ4n) is 2.39. The van der Waals surface area contributed by atoms with Crippen LogP contribution >= 0.6 is 0 Å². The number of aryl methyl sites for hydroxylation is 1. The first-order valence-electron chi connectivity index (χ1n) is 6.61. The van der Waals surface area contributed by atoms with E-state index in [1.807, 2.05) is 5.12 Å². The highest BCUT2D eigenvalue weighted by atomic mass is 15.8. The number of rotatable bonds is 4. The molecule has 1 atom stereocenters. The van der Waals surface area contributed by atoms with Crippen molar-refractivity contribution in [1.29, 1.82) is 0 Å². The normalized spacial score (nSPS) is 20.3. The Hall–Kier alpha value is -1.39. The van der Waals surface area contributed by atoms with Crippen molar-refractivity contribution >= 4 is 5.71 Å². The van der Waals surface area contributed by atoms with Gasteiger partial charge in [-0.1, -0.05) is 36.8 Å². The van der Waals surface area contributed by atoms with Crippen molar-refractivity contribution in [3.8, 4) is 0 Å². The highest BCUT2D eigenvalue weighted by molar-refractivity contribution is 6.05. The van der Waals surface area contributed by atoms with Crippen LogP contribution in [0.25, 0.3) is 0 Å².